The van der Waals surface area contributed by atoms with Crippen molar-refractivity contribution >= 4 is 21.8 Å². The molecule has 2 aliphatic heterocycles. The first kappa shape index (κ1) is 11.5. The lowest BCUT2D eigenvalue weighted by atomic mass is 9.77. The van der Waals surface area contributed by atoms with Crippen molar-refractivity contribution in [1.82, 2.24) is 4.90 Å². The van der Waals surface area contributed by atoms with Gasteiger partial charge in [0.25, 0.3) is 0 Å². The van der Waals surface area contributed by atoms with Crippen molar-refractivity contribution < 1.29 is 9.53 Å². The largest absolute Gasteiger partial charge is 0.377 e. The molecule has 2 heterocycles. The number of nitrogens with zero attached hydrogens (tertiary/aromatic N) is 1. The van der Waals surface area contributed by atoms with Crippen molar-refractivity contribution in [3.8, 4) is 0 Å². The SMILES string of the molecule is CC1(C)C(=O)N(C2COC2)C2=CC(Br)=CCC21. The Kier molecular flexibility index (Phi) is 2.49. The maximum atomic E-state index is 12.5. The number of carbonyl (C=O) groups excluding carboxylic acids is 1. The van der Waals surface area contributed by atoms with Gasteiger partial charge in [-0.05, 0) is 12.5 Å². The molecule has 0 N–H and O–H groups in total. The van der Waals surface area contributed by atoms with Gasteiger partial charge in [0.05, 0.1) is 24.7 Å². The molecule has 0 radical (unpaired) electrons. The Hall–Kier alpha value is -0.610. The molecule has 0 aromatic heterocycles. The summed E-state index contributed by atoms with van der Waals surface area (Å²) in [5.41, 5.74) is 0.883. The fraction of sp³-hybridized carbons (Fsp3) is 0.615. The molecule has 3 nitrogen and oxygen atoms in total. The third-order valence-corrected chi connectivity index (χ3v) is 4.65. The zero-order valence-electron chi connectivity index (χ0n) is 10.1. The highest BCUT2D eigenvalue weighted by Gasteiger charge is 2.53. The van der Waals surface area contributed by atoms with Crippen LogP contribution in [-0.2, 0) is 9.53 Å². The lowest BCUT2D eigenvalue weighted by Gasteiger charge is -2.36. The number of hydrogen-bond donors (Lipinski definition) is 0. The second-order valence-electron chi connectivity index (χ2n) is 5.53. The molecule has 1 amide bonds. The molecular formula is C13H16BrNO2. The first-order valence-electron chi connectivity index (χ1n) is 6.00. The van der Waals surface area contributed by atoms with E-state index >= 15 is 0 Å². The molecule has 3 rings (SSSR count). The van der Waals surface area contributed by atoms with Gasteiger partial charge in [0.2, 0.25) is 5.91 Å². The Morgan fingerprint density at radius 2 is 2.18 bits per heavy atom. The Morgan fingerprint density at radius 1 is 1.47 bits per heavy atom. The summed E-state index contributed by atoms with van der Waals surface area (Å²) in [6, 6.07) is 0.247. The van der Waals surface area contributed by atoms with Gasteiger partial charge in [-0.3, -0.25) is 4.79 Å². The van der Waals surface area contributed by atoms with Gasteiger partial charge in [0, 0.05) is 16.1 Å². The third-order valence-electron chi connectivity index (χ3n) is 4.10. The van der Waals surface area contributed by atoms with Gasteiger partial charge in [0.15, 0.2) is 0 Å². The number of fused-ring (bicyclic) bond motifs is 1. The van der Waals surface area contributed by atoms with Crippen LogP contribution in [0, 0.1) is 11.3 Å². The highest BCUT2D eigenvalue weighted by atomic mass is 79.9. The van der Waals surface area contributed by atoms with E-state index in [1.807, 2.05) is 4.90 Å². The van der Waals surface area contributed by atoms with Crippen LogP contribution < -0.4 is 0 Å². The summed E-state index contributed by atoms with van der Waals surface area (Å²) in [5.74, 6) is 0.564. The molecule has 3 aliphatic rings. The second kappa shape index (κ2) is 3.69. The van der Waals surface area contributed by atoms with Crippen LogP contribution in [0.1, 0.15) is 20.3 Å². The van der Waals surface area contributed by atoms with Crippen LogP contribution in [-0.4, -0.2) is 30.1 Å². The third kappa shape index (κ3) is 1.54. The second-order valence-corrected chi connectivity index (χ2v) is 6.45. The number of carbonyl (C=O) groups is 1. The minimum Gasteiger partial charge on any atom is -0.377 e. The average Bonchev–Trinajstić information content (AvgIpc) is 2.37. The molecule has 0 bridgehead atoms. The Morgan fingerprint density at radius 3 is 2.76 bits per heavy atom. The summed E-state index contributed by atoms with van der Waals surface area (Å²) in [5, 5.41) is 0. The van der Waals surface area contributed by atoms with E-state index in [-0.39, 0.29) is 17.4 Å². The first-order chi connectivity index (χ1) is 8.01. The van der Waals surface area contributed by atoms with Crippen LogP contribution >= 0.6 is 15.9 Å². The van der Waals surface area contributed by atoms with Crippen LogP contribution in [0.4, 0.5) is 0 Å². The minimum atomic E-state index is -0.286. The van der Waals surface area contributed by atoms with Gasteiger partial charge in [-0.25, -0.2) is 0 Å². The molecule has 2 fully saturated rings. The topological polar surface area (TPSA) is 29.5 Å². The fourth-order valence-electron chi connectivity index (χ4n) is 2.88. The van der Waals surface area contributed by atoms with Gasteiger partial charge in [-0.2, -0.15) is 0 Å². The number of likely N-dealkylation sites (tertiary alicyclic amines) is 1. The normalized spacial score (nSPS) is 31.8. The lowest BCUT2D eigenvalue weighted by molar-refractivity contribution is -0.143. The molecule has 2 saturated heterocycles. The van der Waals surface area contributed by atoms with Crippen LogP contribution in [0.25, 0.3) is 0 Å². The maximum Gasteiger partial charge on any atom is 0.233 e. The van der Waals surface area contributed by atoms with E-state index in [0.717, 1.165) is 10.9 Å². The first-order valence-corrected chi connectivity index (χ1v) is 6.80. The van der Waals surface area contributed by atoms with Crippen molar-refractivity contribution in [2.75, 3.05) is 13.2 Å². The lowest BCUT2D eigenvalue weighted by Crippen LogP contribution is -2.50. The Bertz CT molecular complexity index is 435. The van der Waals surface area contributed by atoms with Crippen LogP contribution in [0.15, 0.2) is 22.3 Å². The van der Waals surface area contributed by atoms with E-state index in [2.05, 4.69) is 41.9 Å². The van der Waals surface area contributed by atoms with Crippen molar-refractivity contribution in [3.05, 3.63) is 22.3 Å². The van der Waals surface area contributed by atoms with Crippen molar-refractivity contribution in [1.29, 1.82) is 0 Å². The molecule has 0 aromatic carbocycles. The Balaban J connectivity index is 2.02. The summed E-state index contributed by atoms with van der Waals surface area (Å²) in [6.07, 6.45) is 5.19. The summed E-state index contributed by atoms with van der Waals surface area (Å²) in [7, 11) is 0. The van der Waals surface area contributed by atoms with Crippen LogP contribution in [0.3, 0.4) is 0 Å². The quantitative estimate of drug-likeness (QED) is 0.744. The van der Waals surface area contributed by atoms with Crippen LogP contribution in [0.5, 0.6) is 0 Å². The minimum absolute atomic E-state index is 0.247. The number of amides is 1. The number of rotatable bonds is 1. The van der Waals surface area contributed by atoms with Crippen molar-refractivity contribution in [2.24, 2.45) is 11.3 Å². The van der Waals surface area contributed by atoms with E-state index in [0.29, 0.717) is 19.1 Å². The highest BCUT2D eigenvalue weighted by molar-refractivity contribution is 9.11. The number of hydrogen-bond acceptors (Lipinski definition) is 2. The zero-order valence-corrected chi connectivity index (χ0v) is 11.7. The van der Waals surface area contributed by atoms with Gasteiger partial charge >= 0.3 is 0 Å². The van der Waals surface area contributed by atoms with Crippen molar-refractivity contribution in [2.45, 2.75) is 26.3 Å². The van der Waals surface area contributed by atoms with E-state index in [1.165, 1.54) is 5.70 Å². The van der Waals surface area contributed by atoms with Gasteiger partial charge < -0.3 is 9.64 Å². The van der Waals surface area contributed by atoms with Gasteiger partial charge in [0.1, 0.15) is 0 Å². The van der Waals surface area contributed by atoms with Gasteiger partial charge in [-0.1, -0.05) is 35.9 Å². The molecule has 1 atom stereocenters. The summed E-state index contributed by atoms with van der Waals surface area (Å²) in [4.78, 5) is 14.5. The standard InChI is InChI=1S/C13H16BrNO2/c1-13(2)10-4-3-8(14)5-11(10)15(12(13)16)9-6-17-7-9/h3,5,9-10H,4,6-7H2,1-2H3. The molecule has 17 heavy (non-hydrogen) atoms. The number of allylic oxidation sites excluding steroid dienone is 4. The number of halogens is 1. The van der Waals surface area contributed by atoms with E-state index in [9.17, 15) is 4.79 Å². The van der Waals surface area contributed by atoms with E-state index in [4.69, 9.17) is 4.74 Å². The predicted octanol–water partition coefficient (Wildman–Crippen LogP) is 2.44. The predicted molar refractivity (Wildman–Crippen MR) is 68.4 cm³/mol. The Labute approximate surface area is 110 Å². The zero-order chi connectivity index (χ0) is 12.2. The fourth-order valence-corrected chi connectivity index (χ4v) is 3.30. The maximum absolute atomic E-state index is 12.5. The highest BCUT2D eigenvalue weighted by Crippen LogP contribution is 2.49. The van der Waals surface area contributed by atoms with Crippen molar-refractivity contribution in [3.63, 3.8) is 0 Å². The number of ether oxygens (including phenoxy) is 1. The molecule has 0 spiro atoms. The average molecular weight is 298 g/mol. The molecular weight excluding hydrogens is 282 g/mol. The molecule has 92 valence electrons. The van der Waals surface area contributed by atoms with E-state index < -0.39 is 0 Å². The molecule has 0 aromatic rings. The molecule has 1 unspecified atom stereocenters. The summed E-state index contributed by atoms with van der Waals surface area (Å²) in [6.45, 7) is 5.46. The van der Waals surface area contributed by atoms with E-state index in [1.54, 1.807) is 0 Å². The molecule has 4 heteroatoms. The monoisotopic (exact) mass is 297 g/mol. The summed E-state index contributed by atoms with van der Waals surface area (Å²) >= 11 is 3.51. The van der Waals surface area contributed by atoms with Crippen LogP contribution in [0.2, 0.25) is 0 Å². The molecule has 0 saturated carbocycles. The summed E-state index contributed by atoms with van der Waals surface area (Å²) < 4.78 is 6.31. The van der Waals surface area contributed by atoms with Gasteiger partial charge in [-0.15, -0.1) is 0 Å². The molecule has 1 aliphatic carbocycles. The smallest absolute Gasteiger partial charge is 0.233 e.